The monoisotopic (exact) mass is 368 g/mol. The second kappa shape index (κ2) is 6.94. The van der Waals surface area contributed by atoms with Gasteiger partial charge >= 0.3 is 17.8 Å². The van der Waals surface area contributed by atoms with Crippen LogP contribution in [-0.4, -0.2) is 63.4 Å². The molecule has 0 atom stereocenters. The van der Waals surface area contributed by atoms with Gasteiger partial charge in [-0.2, -0.15) is 5.10 Å². The molecule has 8 nitrogen and oxygen atoms in total. The lowest BCUT2D eigenvalue weighted by Gasteiger charge is -2.21. The highest BCUT2D eigenvalue weighted by atomic mass is 16.2. The fourth-order valence-corrected chi connectivity index (χ4v) is 3.83. The Hall–Kier alpha value is -3.03. The van der Waals surface area contributed by atoms with Crippen LogP contribution in [0.4, 0.5) is 4.79 Å². The van der Waals surface area contributed by atoms with E-state index in [0.29, 0.717) is 25.8 Å². The topological polar surface area (TPSA) is 90.4 Å². The van der Waals surface area contributed by atoms with Crippen molar-refractivity contribution in [1.29, 1.82) is 0 Å². The summed E-state index contributed by atoms with van der Waals surface area (Å²) in [5.74, 6) is -2.22. The van der Waals surface area contributed by atoms with Gasteiger partial charge in [0.1, 0.15) is 6.54 Å². The number of hydrogen-bond donors (Lipinski definition) is 0. The number of nitrogens with zero attached hydrogens (tertiary/aromatic N) is 4. The van der Waals surface area contributed by atoms with Crippen LogP contribution in [-0.2, 0) is 14.4 Å². The van der Waals surface area contributed by atoms with Crippen LogP contribution >= 0.6 is 0 Å². The van der Waals surface area contributed by atoms with Gasteiger partial charge in [-0.1, -0.05) is 43.2 Å². The lowest BCUT2D eigenvalue weighted by Crippen LogP contribution is -2.43. The first-order valence-corrected chi connectivity index (χ1v) is 9.18. The molecule has 0 N–H and O–H groups in total. The number of hydrazone groups is 1. The maximum atomic E-state index is 12.6. The molecule has 140 valence electrons. The number of imide groups is 2. The van der Waals surface area contributed by atoms with Gasteiger partial charge in [0.25, 0.3) is 5.91 Å². The summed E-state index contributed by atoms with van der Waals surface area (Å²) >= 11 is 0. The van der Waals surface area contributed by atoms with E-state index in [2.05, 4.69) is 5.10 Å². The minimum Gasteiger partial charge on any atom is -0.271 e. The van der Waals surface area contributed by atoms with E-state index in [0.717, 1.165) is 33.9 Å². The van der Waals surface area contributed by atoms with Crippen molar-refractivity contribution in [1.82, 2.24) is 14.8 Å². The van der Waals surface area contributed by atoms with Crippen LogP contribution in [0.15, 0.2) is 35.4 Å². The van der Waals surface area contributed by atoms with Crippen molar-refractivity contribution in [3.63, 3.8) is 0 Å². The van der Waals surface area contributed by atoms with Crippen LogP contribution in [0.2, 0.25) is 0 Å². The fourth-order valence-electron chi connectivity index (χ4n) is 3.83. The van der Waals surface area contributed by atoms with Crippen molar-refractivity contribution in [3.05, 3.63) is 35.9 Å². The first-order valence-electron chi connectivity index (χ1n) is 9.18. The smallest absolute Gasteiger partial charge is 0.271 e. The van der Waals surface area contributed by atoms with Crippen LogP contribution in [0.5, 0.6) is 0 Å². The highest BCUT2D eigenvalue weighted by Crippen LogP contribution is 2.27. The third-order valence-electron chi connectivity index (χ3n) is 5.26. The van der Waals surface area contributed by atoms with E-state index >= 15 is 0 Å². The van der Waals surface area contributed by atoms with E-state index in [1.54, 1.807) is 0 Å². The van der Waals surface area contributed by atoms with E-state index in [9.17, 15) is 19.2 Å². The molecule has 1 aromatic rings. The molecule has 0 spiro atoms. The van der Waals surface area contributed by atoms with Crippen LogP contribution < -0.4 is 0 Å². The van der Waals surface area contributed by atoms with E-state index in [1.807, 2.05) is 30.3 Å². The SMILES string of the molecule is O=C(CN1C(=O)C(=O)N(C2CCCC2)C1=O)N1CCC(c2ccccc2)=N1. The molecule has 0 unspecified atom stereocenters. The molecule has 1 aliphatic carbocycles. The number of benzene rings is 1. The zero-order valence-corrected chi connectivity index (χ0v) is 14.8. The fraction of sp³-hybridized carbons (Fsp3) is 0.421. The molecule has 5 amide bonds. The third kappa shape index (κ3) is 3.11. The zero-order valence-electron chi connectivity index (χ0n) is 14.8. The molecule has 2 aliphatic heterocycles. The van der Waals surface area contributed by atoms with Crippen molar-refractivity contribution in [2.45, 2.75) is 38.1 Å². The zero-order chi connectivity index (χ0) is 19.0. The minimum atomic E-state index is -0.924. The number of amides is 5. The summed E-state index contributed by atoms with van der Waals surface area (Å²) in [5, 5.41) is 5.59. The Morgan fingerprint density at radius 2 is 1.74 bits per heavy atom. The number of carbonyl (C=O) groups excluding carboxylic acids is 4. The number of carbonyl (C=O) groups is 4. The van der Waals surface area contributed by atoms with Crippen LogP contribution in [0.25, 0.3) is 0 Å². The molecular formula is C19H20N4O4. The van der Waals surface area contributed by atoms with Gasteiger partial charge in [-0.05, 0) is 18.4 Å². The molecule has 4 rings (SSSR count). The summed E-state index contributed by atoms with van der Waals surface area (Å²) in [5.41, 5.74) is 1.72. The van der Waals surface area contributed by atoms with E-state index in [1.165, 1.54) is 5.01 Å². The van der Waals surface area contributed by atoms with Gasteiger partial charge in [-0.25, -0.2) is 14.7 Å². The molecule has 2 heterocycles. The lowest BCUT2D eigenvalue weighted by molar-refractivity contribution is -0.145. The Bertz CT molecular complexity index is 829. The minimum absolute atomic E-state index is 0.233. The molecule has 8 heteroatoms. The number of urea groups is 1. The third-order valence-corrected chi connectivity index (χ3v) is 5.26. The predicted molar refractivity (Wildman–Crippen MR) is 95.5 cm³/mol. The second-order valence-corrected chi connectivity index (χ2v) is 6.97. The van der Waals surface area contributed by atoms with Gasteiger partial charge in [-0.15, -0.1) is 0 Å². The summed E-state index contributed by atoms with van der Waals surface area (Å²) in [6.45, 7) is -0.0717. The molecule has 1 saturated heterocycles. The van der Waals surface area contributed by atoms with Crippen molar-refractivity contribution >= 4 is 29.5 Å². The van der Waals surface area contributed by atoms with Crippen LogP contribution in [0, 0.1) is 0 Å². The number of hydrogen-bond acceptors (Lipinski definition) is 5. The van der Waals surface area contributed by atoms with E-state index < -0.39 is 30.3 Å². The van der Waals surface area contributed by atoms with E-state index in [4.69, 9.17) is 0 Å². The van der Waals surface area contributed by atoms with E-state index in [-0.39, 0.29) is 6.04 Å². The van der Waals surface area contributed by atoms with Gasteiger partial charge in [0.05, 0.1) is 12.3 Å². The normalized spacial score (nSPS) is 20.8. The van der Waals surface area contributed by atoms with Crippen molar-refractivity contribution < 1.29 is 19.2 Å². The van der Waals surface area contributed by atoms with Crippen molar-refractivity contribution in [2.75, 3.05) is 13.1 Å². The summed E-state index contributed by atoms with van der Waals surface area (Å²) in [4.78, 5) is 51.3. The Morgan fingerprint density at radius 3 is 2.44 bits per heavy atom. The average molecular weight is 368 g/mol. The summed E-state index contributed by atoms with van der Waals surface area (Å²) in [6, 6.07) is 8.61. The van der Waals surface area contributed by atoms with Gasteiger partial charge < -0.3 is 0 Å². The second-order valence-electron chi connectivity index (χ2n) is 6.97. The molecule has 2 fully saturated rings. The molecule has 1 aromatic carbocycles. The molecular weight excluding hydrogens is 348 g/mol. The summed E-state index contributed by atoms with van der Waals surface area (Å²) in [7, 11) is 0. The molecule has 0 aromatic heterocycles. The highest BCUT2D eigenvalue weighted by molar-refractivity contribution is 6.45. The average Bonchev–Trinajstić information content (AvgIpc) is 3.41. The van der Waals surface area contributed by atoms with Crippen molar-refractivity contribution in [3.8, 4) is 0 Å². The Kier molecular flexibility index (Phi) is 4.47. The van der Waals surface area contributed by atoms with Crippen LogP contribution in [0.1, 0.15) is 37.7 Å². The molecule has 3 aliphatic rings. The maximum Gasteiger partial charge on any atom is 0.334 e. The standard InChI is InChI=1S/C19H20N4O4/c24-16(22-11-10-15(20-22)13-6-2-1-3-7-13)12-21-17(25)18(26)23(19(21)27)14-8-4-5-9-14/h1-3,6-7,14H,4-5,8-12H2. The van der Waals surface area contributed by atoms with Gasteiger partial charge in [0.2, 0.25) is 0 Å². The Balaban J connectivity index is 1.45. The maximum absolute atomic E-state index is 12.6. The first-order chi connectivity index (χ1) is 13.1. The van der Waals surface area contributed by atoms with Gasteiger partial charge in [0, 0.05) is 12.5 Å². The molecule has 0 bridgehead atoms. The Morgan fingerprint density at radius 1 is 1.04 bits per heavy atom. The van der Waals surface area contributed by atoms with Crippen molar-refractivity contribution in [2.24, 2.45) is 5.10 Å². The molecule has 27 heavy (non-hydrogen) atoms. The number of rotatable bonds is 4. The van der Waals surface area contributed by atoms with Gasteiger partial charge in [0.15, 0.2) is 0 Å². The predicted octanol–water partition coefficient (Wildman–Crippen LogP) is 1.36. The van der Waals surface area contributed by atoms with Gasteiger partial charge in [-0.3, -0.25) is 19.3 Å². The first kappa shape index (κ1) is 17.4. The summed E-state index contributed by atoms with van der Waals surface area (Å²) < 4.78 is 0. The quantitative estimate of drug-likeness (QED) is 0.593. The lowest BCUT2D eigenvalue weighted by atomic mass is 10.1. The van der Waals surface area contributed by atoms with Crippen LogP contribution in [0.3, 0.4) is 0 Å². The summed E-state index contributed by atoms with van der Waals surface area (Å²) in [6.07, 6.45) is 3.89. The highest BCUT2D eigenvalue weighted by Gasteiger charge is 2.49. The Labute approximate surface area is 156 Å². The largest absolute Gasteiger partial charge is 0.334 e. The molecule has 0 radical (unpaired) electrons. The molecule has 1 saturated carbocycles.